The number of benzene rings is 1. The maximum Gasteiger partial charge on any atom is 0.263 e. The van der Waals surface area contributed by atoms with E-state index in [4.69, 9.17) is 0 Å². The summed E-state index contributed by atoms with van der Waals surface area (Å²) in [6, 6.07) is 6.18. The Morgan fingerprint density at radius 3 is 2.76 bits per heavy atom. The highest BCUT2D eigenvalue weighted by Gasteiger charge is 2.16. The van der Waals surface area contributed by atoms with Crippen LogP contribution < -0.4 is 5.56 Å². The molecule has 2 aromatic heterocycles. The van der Waals surface area contributed by atoms with E-state index >= 15 is 0 Å². The summed E-state index contributed by atoms with van der Waals surface area (Å²) in [5.41, 5.74) is 1.57. The molecule has 0 radical (unpaired) electrons. The zero-order valence-corrected chi connectivity index (χ0v) is 12.3. The number of thiophene rings is 1. The van der Waals surface area contributed by atoms with Gasteiger partial charge in [-0.25, -0.2) is 9.37 Å². The third kappa shape index (κ3) is 2.29. The first-order chi connectivity index (χ1) is 10.1. The lowest BCUT2D eigenvalue weighted by Crippen LogP contribution is -2.19. The predicted molar refractivity (Wildman–Crippen MR) is 84.2 cm³/mol. The highest BCUT2D eigenvalue weighted by Crippen LogP contribution is 2.35. The molecule has 0 saturated heterocycles. The second kappa shape index (κ2) is 5.26. The summed E-state index contributed by atoms with van der Waals surface area (Å²) in [5.74, 6) is -0.293. The van der Waals surface area contributed by atoms with Crippen LogP contribution in [0.2, 0.25) is 0 Å². The quantitative estimate of drug-likeness (QED) is 0.690. The minimum atomic E-state index is -0.293. The third-order valence-electron chi connectivity index (χ3n) is 3.31. The molecule has 106 valence electrons. The van der Waals surface area contributed by atoms with Crippen LogP contribution >= 0.6 is 11.3 Å². The van der Waals surface area contributed by atoms with Crippen LogP contribution in [0.5, 0.6) is 0 Å². The van der Waals surface area contributed by atoms with Gasteiger partial charge in [0.1, 0.15) is 10.6 Å². The van der Waals surface area contributed by atoms with E-state index in [1.807, 2.05) is 6.92 Å². The molecule has 0 N–H and O–H groups in total. The van der Waals surface area contributed by atoms with Gasteiger partial charge in [-0.15, -0.1) is 17.9 Å². The Kier molecular flexibility index (Phi) is 3.43. The first-order valence-corrected chi connectivity index (χ1v) is 7.29. The fraction of sp³-hybridized carbons (Fsp3) is 0.125. The van der Waals surface area contributed by atoms with Crippen molar-refractivity contribution in [3.63, 3.8) is 0 Å². The molecule has 0 saturated carbocycles. The number of rotatable bonds is 3. The Hall–Kier alpha value is -2.27. The number of aromatic nitrogens is 2. The number of hydrogen-bond acceptors (Lipinski definition) is 3. The number of halogens is 1. The van der Waals surface area contributed by atoms with Crippen LogP contribution in [-0.2, 0) is 6.54 Å². The van der Waals surface area contributed by atoms with E-state index in [-0.39, 0.29) is 11.4 Å². The maximum absolute atomic E-state index is 13.1. The smallest absolute Gasteiger partial charge is 0.263 e. The molecule has 0 unspecified atom stereocenters. The molecule has 3 aromatic rings. The van der Waals surface area contributed by atoms with Gasteiger partial charge in [0.2, 0.25) is 0 Å². The molecule has 0 amide bonds. The highest BCUT2D eigenvalue weighted by molar-refractivity contribution is 7.19. The molecule has 21 heavy (non-hydrogen) atoms. The summed E-state index contributed by atoms with van der Waals surface area (Å²) in [6.45, 7) is 6.01. The summed E-state index contributed by atoms with van der Waals surface area (Å²) in [5, 5.41) is 0.591. The SMILES string of the molecule is C=CCn1cnc2sc(C)c(-c3ccc(F)cc3)c2c1=O. The fourth-order valence-electron chi connectivity index (χ4n) is 2.37. The van der Waals surface area contributed by atoms with Crippen LogP contribution in [0.3, 0.4) is 0 Å². The summed E-state index contributed by atoms with van der Waals surface area (Å²) < 4.78 is 14.6. The van der Waals surface area contributed by atoms with Gasteiger partial charge in [-0.3, -0.25) is 9.36 Å². The summed E-state index contributed by atoms with van der Waals surface area (Å²) in [7, 11) is 0. The van der Waals surface area contributed by atoms with E-state index in [0.29, 0.717) is 16.8 Å². The van der Waals surface area contributed by atoms with Gasteiger partial charge >= 0.3 is 0 Å². The second-order valence-electron chi connectivity index (χ2n) is 4.71. The van der Waals surface area contributed by atoms with E-state index in [9.17, 15) is 9.18 Å². The molecule has 0 bridgehead atoms. The maximum atomic E-state index is 13.1. The van der Waals surface area contributed by atoms with Gasteiger partial charge in [0.25, 0.3) is 5.56 Å². The van der Waals surface area contributed by atoms with Crippen molar-refractivity contribution in [2.45, 2.75) is 13.5 Å². The number of allylic oxidation sites excluding steroid dienone is 1. The minimum Gasteiger partial charge on any atom is -0.295 e. The summed E-state index contributed by atoms with van der Waals surface area (Å²) in [4.78, 5) is 18.6. The largest absolute Gasteiger partial charge is 0.295 e. The molecule has 0 aliphatic rings. The second-order valence-corrected chi connectivity index (χ2v) is 5.91. The molecule has 5 heteroatoms. The Morgan fingerprint density at radius 2 is 2.10 bits per heavy atom. The van der Waals surface area contributed by atoms with Gasteiger partial charge in [0.15, 0.2) is 0 Å². The van der Waals surface area contributed by atoms with Crippen molar-refractivity contribution in [2.75, 3.05) is 0 Å². The van der Waals surface area contributed by atoms with Crippen LogP contribution in [0.15, 0.2) is 48.0 Å². The Bertz CT molecular complexity index is 878. The first kappa shape index (κ1) is 13.7. The fourth-order valence-corrected chi connectivity index (χ4v) is 3.37. The monoisotopic (exact) mass is 300 g/mol. The van der Waals surface area contributed by atoms with Gasteiger partial charge in [-0.1, -0.05) is 18.2 Å². The Morgan fingerprint density at radius 1 is 1.38 bits per heavy atom. The number of nitrogens with zero attached hydrogens (tertiary/aromatic N) is 2. The lowest BCUT2D eigenvalue weighted by Gasteiger charge is -2.04. The van der Waals surface area contributed by atoms with Gasteiger partial charge in [0, 0.05) is 17.0 Å². The number of aryl methyl sites for hydroxylation is 1. The van der Waals surface area contributed by atoms with E-state index < -0.39 is 0 Å². The number of hydrogen-bond donors (Lipinski definition) is 0. The normalized spacial score (nSPS) is 11.0. The van der Waals surface area contributed by atoms with Crippen LogP contribution in [-0.4, -0.2) is 9.55 Å². The van der Waals surface area contributed by atoms with Crippen molar-refractivity contribution in [1.29, 1.82) is 0 Å². The molecule has 3 nitrogen and oxygen atoms in total. The average molecular weight is 300 g/mol. The zero-order valence-electron chi connectivity index (χ0n) is 11.5. The molecule has 0 spiro atoms. The Labute approximate surface area is 125 Å². The summed E-state index contributed by atoms with van der Waals surface area (Å²) >= 11 is 1.47. The van der Waals surface area contributed by atoms with E-state index in [1.165, 1.54) is 34.4 Å². The van der Waals surface area contributed by atoms with Crippen molar-refractivity contribution in [3.05, 3.63) is 64.3 Å². The third-order valence-corrected chi connectivity index (χ3v) is 4.33. The molecule has 0 aliphatic heterocycles. The van der Waals surface area contributed by atoms with Gasteiger partial charge in [-0.2, -0.15) is 0 Å². The molecule has 0 aliphatic carbocycles. The first-order valence-electron chi connectivity index (χ1n) is 6.47. The van der Waals surface area contributed by atoms with E-state index in [0.717, 1.165) is 16.0 Å². The average Bonchev–Trinajstić information content (AvgIpc) is 2.80. The molecule has 3 rings (SSSR count). The molecule has 0 fully saturated rings. The van der Waals surface area contributed by atoms with Gasteiger partial charge in [0.05, 0.1) is 11.7 Å². The molecular formula is C16H13FN2OS. The van der Waals surface area contributed by atoms with Crippen molar-refractivity contribution < 1.29 is 4.39 Å². The molecule has 2 heterocycles. The van der Waals surface area contributed by atoms with Crippen molar-refractivity contribution in [1.82, 2.24) is 9.55 Å². The zero-order chi connectivity index (χ0) is 15.0. The van der Waals surface area contributed by atoms with Crippen LogP contribution in [0.4, 0.5) is 4.39 Å². The van der Waals surface area contributed by atoms with Crippen LogP contribution in [0.1, 0.15) is 4.88 Å². The van der Waals surface area contributed by atoms with Crippen LogP contribution in [0, 0.1) is 12.7 Å². The standard InChI is InChI=1S/C16H13FN2OS/c1-3-8-19-9-18-15-14(16(19)20)13(10(2)21-15)11-4-6-12(17)7-5-11/h3-7,9H,1,8H2,2H3. The van der Waals surface area contributed by atoms with Gasteiger partial charge < -0.3 is 0 Å². The lowest BCUT2D eigenvalue weighted by molar-refractivity contribution is 0.628. The van der Waals surface area contributed by atoms with Crippen molar-refractivity contribution in [3.8, 4) is 11.1 Å². The van der Waals surface area contributed by atoms with Gasteiger partial charge in [-0.05, 0) is 24.6 Å². The number of fused-ring (bicyclic) bond motifs is 1. The van der Waals surface area contributed by atoms with E-state index in [2.05, 4.69) is 11.6 Å². The lowest BCUT2D eigenvalue weighted by atomic mass is 10.0. The predicted octanol–water partition coefficient (Wildman–Crippen LogP) is 3.76. The molecular weight excluding hydrogens is 287 g/mol. The molecule has 1 aromatic carbocycles. The van der Waals surface area contributed by atoms with Crippen molar-refractivity contribution >= 4 is 21.6 Å². The van der Waals surface area contributed by atoms with E-state index in [1.54, 1.807) is 18.2 Å². The summed E-state index contributed by atoms with van der Waals surface area (Å²) in [6.07, 6.45) is 3.20. The minimum absolute atomic E-state index is 0.0939. The van der Waals surface area contributed by atoms with Crippen LogP contribution in [0.25, 0.3) is 21.3 Å². The topological polar surface area (TPSA) is 34.9 Å². The highest BCUT2D eigenvalue weighted by atomic mass is 32.1. The Balaban J connectivity index is 2.33. The molecule has 0 atom stereocenters. The van der Waals surface area contributed by atoms with Crippen molar-refractivity contribution in [2.24, 2.45) is 0 Å².